The highest BCUT2D eigenvalue weighted by atomic mass is 79.9. The predicted octanol–water partition coefficient (Wildman–Crippen LogP) is 3.14. The van der Waals surface area contributed by atoms with E-state index in [0.29, 0.717) is 0 Å². The second kappa shape index (κ2) is 4.68. The summed E-state index contributed by atoms with van der Waals surface area (Å²) in [5.74, 6) is 0.922. The number of likely N-dealkylation sites (N-methyl/N-ethyl adjacent to an activating group) is 1. The molecule has 0 saturated carbocycles. The first kappa shape index (κ1) is 10.5. The number of furan rings is 2. The standard InChI is InChI=1S/C11H12BrNO2/c1-13-9(6-8-4-5-14-7-8)10-2-3-11(12)15-10/h2-5,7,9,13H,6H2,1H3. The average molecular weight is 270 g/mol. The topological polar surface area (TPSA) is 38.3 Å². The number of hydrogen-bond acceptors (Lipinski definition) is 3. The molecule has 2 rings (SSSR count). The largest absolute Gasteiger partial charge is 0.472 e. The minimum Gasteiger partial charge on any atom is -0.472 e. The normalized spacial score (nSPS) is 12.9. The minimum atomic E-state index is 0.175. The van der Waals surface area contributed by atoms with E-state index in [9.17, 15) is 0 Å². The molecule has 1 unspecified atom stereocenters. The lowest BCUT2D eigenvalue weighted by atomic mass is 10.1. The molecule has 2 heterocycles. The second-order valence-electron chi connectivity index (χ2n) is 3.32. The molecule has 4 heteroatoms. The van der Waals surface area contributed by atoms with Gasteiger partial charge in [0.2, 0.25) is 0 Å². The Morgan fingerprint density at radius 3 is 2.80 bits per heavy atom. The third kappa shape index (κ3) is 2.52. The number of hydrogen-bond donors (Lipinski definition) is 1. The third-order valence-corrected chi connectivity index (χ3v) is 2.73. The summed E-state index contributed by atoms with van der Waals surface area (Å²) in [5, 5.41) is 3.21. The molecule has 3 nitrogen and oxygen atoms in total. The molecule has 2 aromatic rings. The fourth-order valence-electron chi connectivity index (χ4n) is 1.50. The van der Waals surface area contributed by atoms with Gasteiger partial charge in [0.25, 0.3) is 0 Å². The van der Waals surface area contributed by atoms with Crippen LogP contribution in [0.5, 0.6) is 0 Å². The predicted molar refractivity (Wildman–Crippen MR) is 60.6 cm³/mol. The Hall–Kier alpha value is -1.000. The molecule has 1 N–H and O–H groups in total. The van der Waals surface area contributed by atoms with Crippen LogP contribution in [0.3, 0.4) is 0 Å². The van der Waals surface area contributed by atoms with Gasteiger partial charge < -0.3 is 14.2 Å². The molecule has 15 heavy (non-hydrogen) atoms. The van der Waals surface area contributed by atoms with Crippen LogP contribution < -0.4 is 5.32 Å². The van der Waals surface area contributed by atoms with Crippen molar-refractivity contribution in [2.45, 2.75) is 12.5 Å². The van der Waals surface area contributed by atoms with Crippen molar-refractivity contribution in [1.29, 1.82) is 0 Å². The lowest BCUT2D eigenvalue weighted by Gasteiger charge is -2.11. The van der Waals surface area contributed by atoms with Gasteiger partial charge in [-0.1, -0.05) is 0 Å². The van der Waals surface area contributed by atoms with E-state index in [0.717, 1.165) is 22.4 Å². The third-order valence-electron chi connectivity index (χ3n) is 2.31. The van der Waals surface area contributed by atoms with Gasteiger partial charge >= 0.3 is 0 Å². The molecular formula is C11H12BrNO2. The molecule has 0 aliphatic carbocycles. The van der Waals surface area contributed by atoms with E-state index in [2.05, 4.69) is 21.2 Å². The van der Waals surface area contributed by atoms with Gasteiger partial charge in [-0.3, -0.25) is 0 Å². The van der Waals surface area contributed by atoms with Gasteiger partial charge in [-0.05, 0) is 53.2 Å². The first-order chi connectivity index (χ1) is 7.29. The van der Waals surface area contributed by atoms with Crippen LogP contribution in [-0.4, -0.2) is 7.05 Å². The maximum Gasteiger partial charge on any atom is 0.169 e. The summed E-state index contributed by atoms with van der Waals surface area (Å²) >= 11 is 3.29. The zero-order chi connectivity index (χ0) is 10.7. The van der Waals surface area contributed by atoms with Crippen LogP contribution in [0.15, 0.2) is 44.2 Å². The van der Waals surface area contributed by atoms with Gasteiger partial charge in [0.1, 0.15) is 5.76 Å². The Kier molecular flexibility index (Phi) is 3.28. The van der Waals surface area contributed by atoms with Crippen molar-refractivity contribution in [2.24, 2.45) is 0 Å². The van der Waals surface area contributed by atoms with Crippen molar-refractivity contribution in [1.82, 2.24) is 5.32 Å². The Bertz CT molecular complexity index is 408. The highest BCUT2D eigenvalue weighted by molar-refractivity contribution is 9.10. The van der Waals surface area contributed by atoms with Gasteiger partial charge in [-0.2, -0.15) is 0 Å². The van der Waals surface area contributed by atoms with Crippen LogP contribution in [0.2, 0.25) is 0 Å². The smallest absolute Gasteiger partial charge is 0.169 e. The highest BCUT2D eigenvalue weighted by Gasteiger charge is 2.14. The molecule has 2 aromatic heterocycles. The highest BCUT2D eigenvalue weighted by Crippen LogP contribution is 2.23. The van der Waals surface area contributed by atoms with Crippen LogP contribution >= 0.6 is 15.9 Å². The number of halogens is 1. The van der Waals surface area contributed by atoms with Crippen molar-refractivity contribution >= 4 is 15.9 Å². The fourth-order valence-corrected chi connectivity index (χ4v) is 1.82. The van der Waals surface area contributed by atoms with Crippen molar-refractivity contribution < 1.29 is 8.83 Å². The van der Waals surface area contributed by atoms with Gasteiger partial charge in [-0.15, -0.1) is 0 Å². The van der Waals surface area contributed by atoms with Gasteiger partial charge in [0.15, 0.2) is 4.67 Å². The van der Waals surface area contributed by atoms with Crippen LogP contribution in [0.1, 0.15) is 17.4 Å². The van der Waals surface area contributed by atoms with E-state index >= 15 is 0 Å². The van der Waals surface area contributed by atoms with Crippen LogP contribution in [0, 0.1) is 0 Å². The van der Waals surface area contributed by atoms with E-state index in [1.807, 2.05) is 25.2 Å². The lowest BCUT2D eigenvalue weighted by Crippen LogP contribution is -2.17. The molecule has 0 saturated heterocycles. The second-order valence-corrected chi connectivity index (χ2v) is 4.10. The lowest BCUT2D eigenvalue weighted by molar-refractivity contribution is 0.416. The molecule has 1 atom stereocenters. The summed E-state index contributed by atoms with van der Waals surface area (Å²) in [6.45, 7) is 0. The van der Waals surface area contributed by atoms with Crippen molar-refractivity contribution in [3.8, 4) is 0 Å². The van der Waals surface area contributed by atoms with Gasteiger partial charge in [0.05, 0.1) is 18.6 Å². The van der Waals surface area contributed by atoms with Crippen molar-refractivity contribution in [3.63, 3.8) is 0 Å². The molecule has 0 bridgehead atoms. The Balaban J connectivity index is 2.11. The molecule has 0 fully saturated rings. The van der Waals surface area contributed by atoms with E-state index < -0.39 is 0 Å². The average Bonchev–Trinajstić information content (AvgIpc) is 2.85. The summed E-state index contributed by atoms with van der Waals surface area (Å²) < 4.78 is 11.3. The number of nitrogens with one attached hydrogen (secondary N) is 1. The first-order valence-electron chi connectivity index (χ1n) is 4.73. The molecular weight excluding hydrogens is 258 g/mol. The monoisotopic (exact) mass is 269 g/mol. The summed E-state index contributed by atoms with van der Waals surface area (Å²) in [7, 11) is 1.92. The first-order valence-corrected chi connectivity index (χ1v) is 5.52. The van der Waals surface area contributed by atoms with E-state index in [1.165, 1.54) is 0 Å². The zero-order valence-corrected chi connectivity index (χ0v) is 9.95. The fraction of sp³-hybridized carbons (Fsp3) is 0.273. The molecule has 0 spiro atoms. The zero-order valence-electron chi connectivity index (χ0n) is 8.37. The summed E-state index contributed by atoms with van der Waals surface area (Å²) in [6.07, 6.45) is 4.29. The van der Waals surface area contributed by atoms with Crippen molar-refractivity contribution in [2.75, 3.05) is 7.05 Å². The Labute approximate surface area is 96.6 Å². The minimum absolute atomic E-state index is 0.175. The molecule has 0 aliphatic rings. The maximum atomic E-state index is 5.51. The van der Waals surface area contributed by atoms with Crippen molar-refractivity contribution in [3.05, 3.63) is 46.7 Å². The molecule has 80 valence electrons. The molecule has 0 aromatic carbocycles. The summed E-state index contributed by atoms with van der Waals surface area (Å²) in [6, 6.07) is 6.00. The molecule has 0 aliphatic heterocycles. The molecule has 0 amide bonds. The summed E-state index contributed by atoms with van der Waals surface area (Å²) in [4.78, 5) is 0. The van der Waals surface area contributed by atoms with Crippen LogP contribution in [0.25, 0.3) is 0 Å². The van der Waals surface area contributed by atoms with Gasteiger partial charge in [-0.25, -0.2) is 0 Å². The number of rotatable bonds is 4. The van der Waals surface area contributed by atoms with E-state index in [-0.39, 0.29) is 6.04 Å². The summed E-state index contributed by atoms with van der Waals surface area (Å²) in [5.41, 5.74) is 1.15. The SMILES string of the molecule is CNC(Cc1ccoc1)c1ccc(Br)o1. The molecule has 0 radical (unpaired) electrons. The van der Waals surface area contributed by atoms with Crippen LogP contribution in [-0.2, 0) is 6.42 Å². The Morgan fingerprint density at radius 1 is 1.40 bits per heavy atom. The maximum absolute atomic E-state index is 5.51. The van der Waals surface area contributed by atoms with E-state index in [4.69, 9.17) is 8.83 Å². The van der Waals surface area contributed by atoms with Gasteiger partial charge in [0, 0.05) is 0 Å². The van der Waals surface area contributed by atoms with Crippen LogP contribution in [0.4, 0.5) is 0 Å². The van der Waals surface area contributed by atoms with E-state index in [1.54, 1.807) is 12.5 Å². The Morgan fingerprint density at radius 2 is 2.27 bits per heavy atom. The quantitative estimate of drug-likeness (QED) is 0.927.